The van der Waals surface area contributed by atoms with Gasteiger partial charge in [0.25, 0.3) is 5.91 Å². The number of benzene rings is 2. The lowest BCUT2D eigenvalue weighted by molar-refractivity contribution is -0.130. The minimum absolute atomic E-state index is 0. The molecule has 0 bridgehead atoms. The largest absolute Gasteiger partial charge is 0.437 e. The topological polar surface area (TPSA) is 179 Å². The van der Waals surface area contributed by atoms with Crippen LogP contribution >= 0.6 is 12.4 Å². The number of carbonyl (C=O) groups excluding carboxylic acids is 2. The van der Waals surface area contributed by atoms with Crippen LogP contribution in [0.4, 0.5) is 5.69 Å². The molecule has 5 N–H and O–H groups in total. The Morgan fingerprint density at radius 2 is 1.64 bits per heavy atom. The quantitative estimate of drug-likeness (QED) is 0.191. The standard InChI is InChI=1S/C34H35N9O3.ClH/c35-19-23-5-9-26(10-6-23)33(44)43(28-14-11-25(12-15-28)32-39-41-42-40-32)34(45)30(36)18-22-3-7-24(8-4-22)27-13-16-31(38-20-27)46-29-2-1-17-37-21-29;/h1-4,7-8,11-17,20-21,23,26,30H,5-6,9-10,18-19,35-36H2,(H,39,40,41,42);1H/t23?,26?,30-;/m0./s1. The van der Waals surface area contributed by atoms with E-state index >= 15 is 0 Å². The fraction of sp³-hybridized carbons (Fsp3) is 0.265. The number of nitrogens with zero attached hydrogens (tertiary/aromatic N) is 6. The lowest BCUT2D eigenvalue weighted by Gasteiger charge is -2.32. The molecule has 0 radical (unpaired) electrons. The molecule has 5 aromatic rings. The number of aromatic nitrogens is 6. The van der Waals surface area contributed by atoms with E-state index in [9.17, 15) is 9.59 Å². The molecule has 0 unspecified atom stereocenters. The second-order valence-electron chi connectivity index (χ2n) is 11.4. The van der Waals surface area contributed by atoms with E-state index in [0.717, 1.165) is 29.5 Å². The van der Waals surface area contributed by atoms with Crippen LogP contribution in [0.5, 0.6) is 11.6 Å². The number of H-pyrrole nitrogens is 1. The van der Waals surface area contributed by atoms with Gasteiger partial charge in [0.2, 0.25) is 17.6 Å². The first-order valence-electron chi connectivity index (χ1n) is 15.3. The summed E-state index contributed by atoms with van der Waals surface area (Å²) in [5, 5.41) is 14.0. The average molecular weight is 654 g/mol. The summed E-state index contributed by atoms with van der Waals surface area (Å²) in [5.41, 5.74) is 16.3. The summed E-state index contributed by atoms with van der Waals surface area (Å²) in [5.74, 6) is 0.942. The summed E-state index contributed by atoms with van der Waals surface area (Å²) in [4.78, 5) is 37.5. The third-order valence-corrected chi connectivity index (χ3v) is 8.35. The Morgan fingerprint density at radius 1 is 0.915 bits per heavy atom. The van der Waals surface area contributed by atoms with E-state index in [2.05, 4.69) is 30.6 Å². The number of nitrogens with two attached hydrogens (primary N) is 2. The predicted octanol–water partition coefficient (Wildman–Crippen LogP) is 4.73. The fourth-order valence-corrected chi connectivity index (χ4v) is 5.71. The highest BCUT2D eigenvalue weighted by Crippen LogP contribution is 2.32. The molecule has 6 rings (SSSR count). The zero-order valence-electron chi connectivity index (χ0n) is 25.6. The van der Waals surface area contributed by atoms with Crippen LogP contribution in [-0.4, -0.2) is 55.0 Å². The van der Waals surface area contributed by atoms with Gasteiger partial charge in [-0.15, -0.1) is 22.6 Å². The minimum Gasteiger partial charge on any atom is -0.437 e. The number of rotatable bonds is 10. The molecule has 3 aromatic heterocycles. The van der Waals surface area contributed by atoms with Gasteiger partial charge in [-0.1, -0.05) is 24.3 Å². The van der Waals surface area contributed by atoms with Crippen LogP contribution in [0.3, 0.4) is 0 Å². The van der Waals surface area contributed by atoms with Crippen molar-refractivity contribution in [1.29, 1.82) is 0 Å². The van der Waals surface area contributed by atoms with E-state index in [1.807, 2.05) is 36.4 Å². The predicted molar refractivity (Wildman–Crippen MR) is 180 cm³/mol. The number of ether oxygens (including phenoxy) is 1. The normalized spacial score (nSPS) is 16.5. The van der Waals surface area contributed by atoms with Gasteiger partial charge >= 0.3 is 0 Å². The Kier molecular flexibility index (Phi) is 11.0. The molecule has 2 aromatic carbocycles. The van der Waals surface area contributed by atoms with Gasteiger partial charge in [0, 0.05) is 35.5 Å². The maximum absolute atomic E-state index is 13.9. The SMILES string of the molecule is Cl.NCC1CCC(C(=O)N(C(=O)[C@@H](N)Cc2ccc(-c3ccc(Oc4cccnc4)nc3)cc2)c2ccc(-c3nn[nH]n3)cc2)CC1. The van der Waals surface area contributed by atoms with Crippen molar-refractivity contribution in [2.75, 3.05) is 11.4 Å². The van der Waals surface area contributed by atoms with Crippen LogP contribution in [-0.2, 0) is 16.0 Å². The van der Waals surface area contributed by atoms with Crippen LogP contribution in [0.1, 0.15) is 31.2 Å². The Morgan fingerprint density at radius 3 is 2.26 bits per heavy atom. The molecular weight excluding hydrogens is 618 g/mol. The summed E-state index contributed by atoms with van der Waals surface area (Å²) >= 11 is 0. The van der Waals surface area contributed by atoms with E-state index in [1.165, 1.54) is 4.90 Å². The van der Waals surface area contributed by atoms with Gasteiger partial charge in [-0.05, 0) is 103 Å². The van der Waals surface area contributed by atoms with Crippen LogP contribution in [0.25, 0.3) is 22.5 Å². The van der Waals surface area contributed by atoms with E-state index in [0.29, 0.717) is 54.0 Å². The van der Waals surface area contributed by atoms with Crippen molar-refractivity contribution in [3.8, 4) is 34.1 Å². The molecular formula is C34H36ClN9O3. The Hall–Kier alpha value is -5.04. The molecule has 3 heterocycles. The second-order valence-corrected chi connectivity index (χ2v) is 11.4. The number of anilines is 1. The van der Waals surface area contributed by atoms with Gasteiger partial charge in [0.1, 0.15) is 5.75 Å². The highest BCUT2D eigenvalue weighted by atomic mass is 35.5. The summed E-state index contributed by atoms with van der Waals surface area (Å²) in [6.45, 7) is 0.604. The summed E-state index contributed by atoms with van der Waals surface area (Å²) in [7, 11) is 0. The molecule has 47 heavy (non-hydrogen) atoms. The van der Waals surface area contributed by atoms with Gasteiger partial charge in [-0.3, -0.25) is 14.6 Å². The first-order chi connectivity index (χ1) is 22.5. The highest BCUT2D eigenvalue weighted by molar-refractivity contribution is 6.17. The fourth-order valence-electron chi connectivity index (χ4n) is 5.71. The van der Waals surface area contributed by atoms with E-state index in [-0.39, 0.29) is 30.7 Å². The molecule has 0 spiro atoms. The first-order valence-corrected chi connectivity index (χ1v) is 15.3. The Labute approximate surface area is 278 Å². The van der Waals surface area contributed by atoms with Crippen molar-refractivity contribution < 1.29 is 14.3 Å². The highest BCUT2D eigenvalue weighted by Gasteiger charge is 2.35. The van der Waals surface area contributed by atoms with Gasteiger partial charge in [0.15, 0.2) is 0 Å². The summed E-state index contributed by atoms with van der Waals surface area (Å²) < 4.78 is 5.73. The number of hydrogen-bond donors (Lipinski definition) is 3. The zero-order chi connectivity index (χ0) is 31.9. The number of imide groups is 1. The van der Waals surface area contributed by atoms with Crippen LogP contribution in [0.2, 0.25) is 0 Å². The molecule has 2 amide bonds. The van der Waals surface area contributed by atoms with E-state index < -0.39 is 11.9 Å². The number of hydrogen-bond acceptors (Lipinski definition) is 10. The van der Waals surface area contributed by atoms with Crippen molar-refractivity contribution in [2.24, 2.45) is 23.3 Å². The van der Waals surface area contributed by atoms with Crippen molar-refractivity contribution in [1.82, 2.24) is 30.6 Å². The van der Waals surface area contributed by atoms with Crippen molar-refractivity contribution >= 4 is 29.9 Å². The third kappa shape index (κ3) is 8.04. The van der Waals surface area contributed by atoms with Crippen molar-refractivity contribution in [2.45, 2.75) is 38.1 Å². The summed E-state index contributed by atoms with van der Waals surface area (Å²) in [6.07, 6.45) is 8.41. The molecule has 12 nitrogen and oxygen atoms in total. The number of tetrazole rings is 1. The third-order valence-electron chi connectivity index (χ3n) is 8.35. The van der Waals surface area contributed by atoms with Gasteiger partial charge in [0.05, 0.1) is 17.9 Å². The van der Waals surface area contributed by atoms with Crippen molar-refractivity contribution in [3.05, 3.63) is 97.0 Å². The van der Waals surface area contributed by atoms with Gasteiger partial charge < -0.3 is 16.2 Å². The summed E-state index contributed by atoms with van der Waals surface area (Å²) in [6, 6.07) is 21.1. The number of pyridine rings is 2. The van der Waals surface area contributed by atoms with Crippen LogP contribution in [0, 0.1) is 11.8 Å². The average Bonchev–Trinajstić information content (AvgIpc) is 3.65. The molecule has 13 heteroatoms. The monoisotopic (exact) mass is 653 g/mol. The molecule has 0 aliphatic heterocycles. The lowest BCUT2D eigenvalue weighted by atomic mass is 9.81. The van der Waals surface area contributed by atoms with E-state index in [4.69, 9.17) is 16.2 Å². The molecule has 1 aliphatic rings. The van der Waals surface area contributed by atoms with Gasteiger partial charge in [-0.2, -0.15) is 5.21 Å². The smallest absolute Gasteiger partial charge is 0.251 e. The molecule has 1 fully saturated rings. The van der Waals surface area contributed by atoms with Gasteiger partial charge in [-0.25, -0.2) is 9.88 Å². The molecule has 1 atom stereocenters. The lowest BCUT2D eigenvalue weighted by Crippen LogP contribution is -2.50. The first kappa shape index (κ1) is 33.3. The number of carbonyl (C=O) groups is 2. The maximum Gasteiger partial charge on any atom is 0.251 e. The molecule has 1 saturated carbocycles. The number of nitrogens with one attached hydrogen (secondary N) is 1. The van der Waals surface area contributed by atoms with Crippen molar-refractivity contribution in [3.63, 3.8) is 0 Å². The number of amides is 2. The van der Waals surface area contributed by atoms with Crippen LogP contribution < -0.4 is 21.1 Å². The van der Waals surface area contributed by atoms with Crippen LogP contribution in [0.15, 0.2) is 91.4 Å². The number of aromatic amines is 1. The Balaban J connectivity index is 0.00000433. The van der Waals surface area contributed by atoms with E-state index in [1.54, 1.807) is 55.0 Å². The maximum atomic E-state index is 13.9. The Bertz CT molecular complexity index is 1730. The molecule has 242 valence electrons. The zero-order valence-corrected chi connectivity index (χ0v) is 26.4. The molecule has 0 saturated heterocycles. The molecule has 1 aliphatic carbocycles. The number of halogens is 1. The minimum atomic E-state index is -0.933. The second kappa shape index (κ2) is 15.5.